The lowest BCUT2D eigenvalue weighted by molar-refractivity contribution is 0.648. The molecule has 0 unspecified atom stereocenters. The van der Waals surface area contributed by atoms with Crippen molar-refractivity contribution >= 4 is 11.5 Å². The summed E-state index contributed by atoms with van der Waals surface area (Å²) in [7, 11) is 4.02. The molecule has 0 spiro atoms. The second-order valence-electron chi connectivity index (χ2n) is 4.57. The molecule has 4 nitrogen and oxygen atoms in total. The molecule has 2 heterocycles. The molecule has 2 aromatic heterocycles. The summed E-state index contributed by atoms with van der Waals surface area (Å²) in [5.41, 5.74) is 3.54. The molecule has 0 aromatic carbocycles. The van der Waals surface area contributed by atoms with Gasteiger partial charge < -0.3 is 4.90 Å². The predicted molar refractivity (Wildman–Crippen MR) is 64.0 cm³/mol. The van der Waals surface area contributed by atoms with Crippen LogP contribution in [0.4, 0.5) is 5.82 Å². The van der Waals surface area contributed by atoms with Crippen LogP contribution in [0.25, 0.3) is 5.65 Å². The van der Waals surface area contributed by atoms with E-state index in [2.05, 4.69) is 16.1 Å². The zero-order chi connectivity index (χ0) is 11.1. The van der Waals surface area contributed by atoms with Crippen LogP contribution < -0.4 is 4.90 Å². The van der Waals surface area contributed by atoms with Gasteiger partial charge in [-0.2, -0.15) is 0 Å². The van der Waals surface area contributed by atoms with Gasteiger partial charge in [0.05, 0.1) is 11.4 Å². The largest absolute Gasteiger partial charge is 0.361 e. The van der Waals surface area contributed by atoms with Gasteiger partial charge in [0.15, 0.2) is 5.65 Å². The summed E-state index contributed by atoms with van der Waals surface area (Å²) in [6.07, 6.45) is 4.74. The first kappa shape index (κ1) is 9.63. The molecular weight excluding hydrogens is 200 g/mol. The van der Waals surface area contributed by atoms with Crippen LogP contribution in [0.3, 0.4) is 0 Å². The number of anilines is 1. The maximum absolute atomic E-state index is 4.64. The highest BCUT2D eigenvalue weighted by Crippen LogP contribution is 2.22. The Labute approximate surface area is 94.9 Å². The summed E-state index contributed by atoms with van der Waals surface area (Å²) in [5, 5.41) is 4.63. The molecule has 84 valence electrons. The average molecular weight is 216 g/mol. The van der Waals surface area contributed by atoms with Crippen molar-refractivity contribution in [1.82, 2.24) is 14.6 Å². The number of fused-ring (bicyclic) bond motifs is 3. The van der Waals surface area contributed by atoms with Crippen LogP contribution in [0, 0.1) is 0 Å². The van der Waals surface area contributed by atoms with Crippen molar-refractivity contribution < 1.29 is 0 Å². The third-order valence-electron chi connectivity index (χ3n) is 3.17. The molecule has 0 aliphatic heterocycles. The molecule has 0 amide bonds. The predicted octanol–water partition coefficient (Wildman–Crippen LogP) is 1.67. The molecule has 0 radical (unpaired) electrons. The van der Waals surface area contributed by atoms with E-state index in [9.17, 15) is 0 Å². The Morgan fingerprint density at radius 1 is 1.19 bits per heavy atom. The fourth-order valence-corrected chi connectivity index (χ4v) is 2.29. The molecule has 1 aliphatic rings. The smallest absolute Gasteiger partial charge is 0.154 e. The molecule has 0 saturated carbocycles. The van der Waals surface area contributed by atoms with Crippen molar-refractivity contribution in [3.8, 4) is 0 Å². The van der Waals surface area contributed by atoms with Crippen molar-refractivity contribution in [1.29, 1.82) is 0 Å². The Hall–Kier alpha value is -1.58. The molecular formula is C12H16N4. The molecule has 0 saturated heterocycles. The SMILES string of the molecule is CN(C)c1ccc2nc3c(n2n1)CCCC3. The molecule has 0 bridgehead atoms. The summed E-state index contributed by atoms with van der Waals surface area (Å²) in [4.78, 5) is 6.66. The Balaban J connectivity index is 2.21. The van der Waals surface area contributed by atoms with E-state index in [1.165, 1.54) is 24.2 Å². The van der Waals surface area contributed by atoms with Gasteiger partial charge in [-0.25, -0.2) is 9.50 Å². The Morgan fingerprint density at radius 3 is 2.81 bits per heavy atom. The minimum Gasteiger partial charge on any atom is -0.361 e. The number of aromatic nitrogens is 3. The van der Waals surface area contributed by atoms with Crippen molar-refractivity contribution in [2.24, 2.45) is 0 Å². The summed E-state index contributed by atoms with van der Waals surface area (Å²) in [6, 6.07) is 4.08. The van der Waals surface area contributed by atoms with Gasteiger partial charge in [-0.1, -0.05) is 0 Å². The fraction of sp³-hybridized carbons (Fsp3) is 0.500. The lowest BCUT2D eigenvalue weighted by Crippen LogP contribution is -2.13. The zero-order valence-corrected chi connectivity index (χ0v) is 9.77. The highest BCUT2D eigenvalue weighted by molar-refractivity contribution is 5.48. The summed E-state index contributed by atoms with van der Waals surface area (Å²) >= 11 is 0. The Morgan fingerprint density at radius 2 is 2.00 bits per heavy atom. The van der Waals surface area contributed by atoms with Crippen LogP contribution in [-0.2, 0) is 12.8 Å². The van der Waals surface area contributed by atoms with Gasteiger partial charge in [0, 0.05) is 14.1 Å². The second-order valence-corrected chi connectivity index (χ2v) is 4.57. The van der Waals surface area contributed by atoms with Crippen LogP contribution >= 0.6 is 0 Å². The Bertz CT molecular complexity index is 527. The van der Waals surface area contributed by atoms with Crippen LogP contribution in [0.5, 0.6) is 0 Å². The van der Waals surface area contributed by atoms with E-state index < -0.39 is 0 Å². The summed E-state index contributed by atoms with van der Waals surface area (Å²) < 4.78 is 2.02. The van der Waals surface area contributed by atoms with E-state index in [1.54, 1.807) is 0 Å². The Kier molecular flexibility index (Phi) is 2.09. The van der Waals surface area contributed by atoms with Gasteiger partial charge in [-0.05, 0) is 37.8 Å². The molecule has 3 rings (SSSR count). The van der Waals surface area contributed by atoms with E-state index >= 15 is 0 Å². The fourth-order valence-electron chi connectivity index (χ4n) is 2.29. The maximum Gasteiger partial charge on any atom is 0.154 e. The van der Waals surface area contributed by atoms with E-state index in [0.717, 1.165) is 24.3 Å². The van der Waals surface area contributed by atoms with E-state index in [-0.39, 0.29) is 0 Å². The van der Waals surface area contributed by atoms with Gasteiger partial charge >= 0.3 is 0 Å². The minimum absolute atomic E-state index is 0.984. The van der Waals surface area contributed by atoms with Gasteiger partial charge in [0.25, 0.3) is 0 Å². The van der Waals surface area contributed by atoms with Crippen molar-refractivity contribution in [3.05, 3.63) is 23.5 Å². The first-order chi connectivity index (χ1) is 7.75. The standard InChI is InChI=1S/C12H16N4/c1-15(2)12-8-7-11-13-9-5-3-4-6-10(9)16(11)14-12/h7-8H,3-6H2,1-2H3. The number of hydrogen-bond donors (Lipinski definition) is 0. The van der Waals surface area contributed by atoms with Crippen molar-refractivity contribution in [2.75, 3.05) is 19.0 Å². The number of aryl methyl sites for hydroxylation is 2. The van der Waals surface area contributed by atoms with E-state index in [4.69, 9.17) is 0 Å². The minimum atomic E-state index is 0.984. The lowest BCUT2D eigenvalue weighted by atomic mass is 10.0. The van der Waals surface area contributed by atoms with Crippen LogP contribution in [0.1, 0.15) is 24.2 Å². The van der Waals surface area contributed by atoms with Gasteiger partial charge in [-0.3, -0.25) is 0 Å². The van der Waals surface area contributed by atoms with Gasteiger partial charge in [0.2, 0.25) is 0 Å². The molecule has 1 aliphatic carbocycles. The van der Waals surface area contributed by atoms with E-state index in [0.29, 0.717) is 0 Å². The summed E-state index contributed by atoms with van der Waals surface area (Å²) in [5.74, 6) is 0.985. The monoisotopic (exact) mass is 216 g/mol. The molecule has 0 atom stereocenters. The third-order valence-corrected chi connectivity index (χ3v) is 3.17. The van der Waals surface area contributed by atoms with Crippen LogP contribution in [0.2, 0.25) is 0 Å². The second kappa shape index (κ2) is 3.47. The third kappa shape index (κ3) is 1.37. The highest BCUT2D eigenvalue weighted by atomic mass is 15.3. The maximum atomic E-state index is 4.64. The molecule has 16 heavy (non-hydrogen) atoms. The van der Waals surface area contributed by atoms with Crippen LogP contribution in [0.15, 0.2) is 12.1 Å². The molecule has 2 aromatic rings. The molecule has 4 heteroatoms. The quantitative estimate of drug-likeness (QED) is 0.727. The highest BCUT2D eigenvalue weighted by Gasteiger charge is 2.17. The average Bonchev–Trinajstić information content (AvgIpc) is 2.66. The van der Waals surface area contributed by atoms with Crippen molar-refractivity contribution in [3.63, 3.8) is 0 Å². The summed E-state index contributed by atoms with van der Waals surface area (Å²) in [6.45, 7) is 0. The van der Waals surface area contributed by atoms with Gasteiger partial charge in [-0.15, -0.1) is 5.10 Å². The number of rotatable bonds is 1. The number of hydrogen-bond acceptors (Lipinski definition) is 3. The van der Waals surface area contributed by atoms with Crippen LogP contribution in [-0.4, -0.2) is 28.7 Å². The first-order valence-corrected chi connectivity index (χ1v) is 5.80. The topological polar surface area (TPSA) is 33.4 Å². The number of imidazole rings is 1. The molecule has 0 fully saturated rings. The molecule has 0 N–H and O–H groups in total. The van der Waals surface area contributed by atoms with Crippen molar-refractivity contribution in [2.45, 2.75) is 25.7 Å². The zero-order valence-electron chi connectivity index (χ0n) is 9.77. The lowest BCUT2D eigenvalue weighted by Gasteiger charge is -2.12. The normalized spacial score (nSPS) is 15.1. The number of nitrogens with zero attached hydrogens (tertiary/aromatic N) is 4. The first-order valence-electron chi connectivity index (χ1n) is 5.80. The van der Waals surface area contributed by atoms with E-state index in [1.807, 2.05) is 29.6 Å². The van der Waals surface area contributed by atoms with Gasteiger partial charge in [0.1, 0.15) is 5.82 Å².